The van der Waals surface area contributed by atoms with E-state index in [-0.39, 0.29) is 6.03 Å². The summed E-state index contributed by atoms with van der Waals surface area (Å²) >= 11 is 0. The van der Waals surface area contributed by atoms with Crippen LogP contribution in [0.4, 0.5) is 4.79 Å². The summed E-state index contributed by atoms with van der Waals surface area (Å²) in [6.07, 6.45) is 12.8. The number of amides is 2. The standard InChI is InChI=1S/C17H24N2O/c1-2-10-3-5-11(6-4-10)9-18-17(20)19-16-12-7-13-14(8-12)15(13)16/h1,10-16H,3-9H2,(H2,18,19,20). The molecule has 3 unspecified atom stereocenters. The van der Waals surface area contributed by atoms with E-state index in [0.29, 0.717) is 17.9 Å². The summed E-state index contributed by atoms with van der Waals surface area (Å²) in [7, 11) is 0. The van der Waals surface area contributed by atoms with Crippen LogP contribution in [0.25, 0.3) is 0 Å². The molecule has 3 heteroatoms. The summed E-state index contributed by atoms with van der Waals surface area (Å²) in [6, 6.07) is 0.550. The molecule has 5 aliphatic carbocycles. The van der Waals surface area contributed by atoms with E-state index in [0.717, 1.165) is 55.9 Å². The second-order valence-electron chi connectivity index (χ2n) is 7.40. The van der Waals surface area contributed by atoms with Crippen molar-refractivity contribution in [3.63, 3.8) is 0 Å². The minimum atomic E-state index is 0.0623. The Kier molecular flexibility index (Phi) is 2.94. The lowest BCUT2D eigenvalue weighted by Gasteiger charge is -2.26. The highest BCUT2D eigenvalue weighted by molar-refractivity contribution is 5.74. The molecule has 0 aliphatic heterocycles. The van der Waals surface area contributed by atoms with Crippen LogP contribution in [0.5, 0.6) is 0 Å². The van der Waals surface area contributed by atoms with Gasteiger partial charge in [-0.05, 0) is 68.1 Å². The van der Waals surface area contributed by atoms with E-state index >= 15 is 0 Å². The number of carbonyl (C=O) groups is 1. The fraction of sp³-hybridized carbons (Fsp3) is 0.824. The molecule has 5 rings (SSSR count). The number of hydrogen-bond acceptors (Lipinski definition) is 1. The Morgan fingerprint density at radius 3 is 2.40 bits per heavy atom. The molecule has 0 aromatic rings. The third-order valence-corrected chi connectivity index (χ3v) is 6.40. The van der Waals surface area contributed by atoms with E-state index in [2.05, 4.69) is 16.6 Å². The molecule has 0 aromatic carbocycles. The molecule has 0 radical (unpaired) electrons. The molecular weight excluding hydrogens is 248 g/mol. The van der Waals surface area contributed by atoms with Crippen molar-refractivity contribution in [1.29, 1.82) is 0 Å². The average Bonchev–Trinajstić information content (AvgIpc) is 2.84. The summed E-state index contributed by atoms with van der Waals surface area (Å²) in [5, 5.41) is 6.33. The molecule has 3 atom stereocenters. The monoisotopic (exact) mass is 272 g/mol. The number of terminal acetylenes is 1. The van der Waals surface area contributed by atoms with Gasteiger partial charge in [-0.2, -0.15) is 0 Å². The molecular formula is C17H24N2O. The van der Waals surface area contributed by atoms with Crippen molar-refractivity contribution < 1.29 is 4.79 Å². The van der Waals surface area contributed by atoms with Crippen molar-refractivity contribution in [3.8, 4) is 12.3 Å². The van der Waals surface area contributed by atoms with Gasteiger partial charge in [-0.1, -0.05) is 0 Å². The van der Waals surface area contributed by atoms with Gasteiger partial charge in [-0.3, -0.25) is 0 Å². The van der Waals surface area contributed by atoms with Crippen LogP contribution in [-0.4, -0.2) is 18.6 Å². The van der Waals surface area contributed by atoms with E-state index in [4.69, 9.17) is 6.42 Å². The molecule has 5 aliphatic rings. The second kappa shape index (κ2) is 4.69. The number of carbonyl (C=O) groups excluding carboxylic acids is 1. The van der Waals surface area contributed by atoms with Gasteiger partial charge < -0.3 is 10.6 Å². The third kappa shape index (κ3) is 2.01. The average molecular weight is 272 g/mol. The van der Waals surface area contributed by atoms with Crippen LogP contribution in [-0.2, 0) is 0 Å². The van der Waals surface area contributed by atoms with Crippen molar-refractivity contribution in [2.75, 3.05) is 6.54 Å². The van der Waals surface area contributed by atoms with Gasteiger partial charge in [0.05, 0.1) is 0 Å². The summed E-state index contributed by atoms with van der Waals surface area (Å²) in [4.78, 5) is 12.0. The quantitative estimate of drug-likeness (QED) is 0.761. The number of nitrogens with one attached hydrogen (secondary N) is 2. The van der Waals surface area contributed by atoms with Gasteiger partial charge in [-0.15, -0.1) is 12.3 Å². The predicted molar refractivity (Wildman–Crippen MR) is 77.8 cm³/mol. The molecule has 0 heterocycles. The number of urea groups is 1. The molecule has 108 valence electrons. The largest absolute Gasteiger partial charge is 0.338 e. The van der Waals surface area contributed by atoms with Gasteiger partial charge in [0.25, 0.3) is 0 Å². The Morgan fingerprint density at radius 2 is 1.85 bits per heavy atom. The number of rotatable bonds is 3. The van der Waals surface area contributed by atoms with Crippen LogP contribution in [0.3, 0.4) is 0 Å². The van der Waals surface area contributed by atoms with Crippen LogP contribution < -0.4 is 10.6 Å². The summed E-state index contributed by atoms with van der Waals surface area (Å²) < 4.78 is 0. The van der Waals surface area contributed by atoms with E-state index in [1.165, 1.54) is 12.8 Å². The first kappa shape index (κ1) is 12.6. The van der Waals surface area contributed by atoms with E-state index in [1.807, 2.05) is 0 Å². The minimum Gasteiger partial charge on any atom is -0.338 e. The first-order valence-electron chi connectivity index (χ1n) is 8.26. The lowest BCUT2D eigenvalue weighted by atomic mass is 9.82. The van der Waals surface area contributed by atoms with Gasteiger partial charge >= 0.3 is 6.03 Å². The van der Waals surface area contributed by atoms with E-state index in [1.54, 1.807) is 0 Å². The maximum absolute atomic E-state index is 12.0. The molecule has 5 saturated carbocycles. The highest BCUT2D eigenvalue weighted by atomic mass is 16.2. The summed E-state index contributed by atoms with van der Waals surface area (Å²) in [5.41, 5.74) is 0. The fourth-order valence-electron chi connectivity index (χ4n) is 5.26. The Bertz CT molecular complexity index is 432. The zero-order valence-corrected chi connectivity index (χ0v) is 12.0. The van der Waals surface area contributed by atoms with Crippen LogP contribution in [0.2, 0.25) is 0 Å². The molecule has 20 heavy (non-hydrogen) atoms. The highest BCUT2D eigenvalue weighted by Crippen LogP contribution is 2.70. The Balaban J connectivity index is 1.19. The maximum atomic E-state index is 12.0. The van der Waals surface area contributed by atoms with Gasteiger partial charge in [0, 0.05) is 18.5 Å². The summed E-state index contributed by atoms with van der Waals surface area (Å²) in [5.74, 6) is 7.49. The van der Waals surface area contributed by atoms with Crippen molar-refractivity contribution in [2.45, 2.75) is 44.6 Å². The van der Waals surface area contributed by atoms with Gasteiger partial charge in [0.15, 0.2) is 0 Å². The lowest BCUT2D eigenvalue weighted by molar-refractivity contribution is 0.228. The molecule has 3 nitrogen and oxygen atoms in total. The van der Waals surface area contributed by atoms with Crippen LogP contribution in [0.15, 0.2) is 0 Å². The topological polar surface area (TPSA) is 41.1 Å². The Labute approximate surface area is 121 Å². The second-order valence-corrected chi connectivity index (χ2v) is 7.40. The minimum absolute atomic E-state index is 0.0623. The predicted octanol–water partition coefficient (Wildman–Crippen LogP) is 2.38. The maximum Gasteiger partial charge on any atom is 0.315 e. The molecule has 0 aromatic heterocycles. The highest BCUT2D eigenvalue weighted by Gasteiger charge is 2.68. The lowest BCUT2D eigenvalue weighted by Crippen LogP contribution is -2.45. The first-order valence-corrected chi connectivity index (χ1v) is 8.26. The molecule has 2 N–H and O–H groups in total. The zero-order chi connectivity index (χ0) is 13.7. The van der Waals surface area contributed by atoms with Crippen molar-refractivity contribution in [3.05, 3.63) is 0 Å². The molecule has 5 fully saturated rings. The van der Waals surface area contributed by atoms with Gasteiger partial charge in [0.2, 0.25) is 0 Å². The van der Waals surface area contributed by atoms with Crippen LogP contribution >= 0.6 is 0 Å². The molecule has 2 amide bonds. The van der Waals surface area contributed by atoms with Crippen LogP contribution in [0.1, 0.15) is 38.5 Å². The zero-order valence-electron chi connectivity index (χ0n) is 12.0. The molecule has 4 bridgehead atoms. The number of hydrogen-bond donors (Lipinski definition) is 2. The van der Waals surface area contributed by atoms with Crippen LogP contribution in [0, 0.1) is 47.9 Å². The fourth-order valence-corrected chi connectivity index (χ4v) is 5.26. The smallest absolute Gasteiger partial charge is 0.315 e. The van der Waals surface area contributed by atoms with Crippen molar-refractivity contribution >= 4 is 6.03 Å². The first-order chi connectivity index (χ1) is 9.76. The molecule has 0 spiro atoms. The van der Waals surface area contributed by atoms with Gasteiger partial charge in [-0.25, -0.2) is 4.79 Å². The third-order valence-electron chi connectivity index (χ3n) is 6.40. The van der Waals surface area contributed by atoms with Crippen molar-refractivity contribution in [1.82, 2.24) is 10.6 Å². The van der Waals surface area contributed by atoms with E-state index < -0.39 is 0 Å². The normalized spacial score (nSPS) is 47.6. The Morgan fingerprint density at radius 1 is 1.15 bits per heavy atom. The van der Waals surface area contributed by atoms with Crippen molar-refractivity contribution in [2.24, 2.45) is 35.5 Å². The van der Waals surface area contributed by atoms with Gasteiger partial charge in [0.1, 0.15) is 0 Å². The Hall–Kier alpha value is -1.17. The molecule has 0 saturated heterocycles. The summed E-state index contributed by atoms with van der Waals surface area (Å²) in [6.45, 7) is 0.817. The van der Waals surface area contributed by atoms with E-state index in [9.17, 15) is 4.79 Å². The SMILES string of the molecule is C#CC1CCC(CNC(=O)NC2C3CC4C(C3)C42)CC1.